The van der Waals surface area contributed by atoms with Crippen LogP contribution in [0, 0.1) is 6.58 Å². The predicted octanol–water partition coefficient (Wildman–Crippen LogP) is 5.59. The maximum atomic E-state index is 5.67. The topological polar surface area (TPSA) is 0 Å². The van der Waals surface area contributed by atoms with E-state index in [0.717, 1.165) is 5.56 Å². The maximum Gasteiger partial charge on any atom is 0.0449 e. The zero-order chi connectivity index (χ0) is 12.4. The first-order valence-corrected chi connectivity index (χ1v) is 7.36. The highest BCUT2D eigenvalue weighted by Crippen LogP contribution is 2.37. The maximum absolute atomic E-state index is 5.67. The predicted molar refractivity (Wildman–Crippen MR) is 81.8 cm³/mol. The van der Waals surface area contributed by atoms with E-state index in [1.807, 2.05) is 29.5 Å². The van der Waals surface area contributed by atoms with E-state index < -0.39 is 0 Å². The van der Waals surface area contributed by atoms with Crippen LogP contribution in [0.15, 0.2) is 53.9 Å². The van der Waals surface area contributed by atoms with Crippen molar-refractivity contribution in [1.82, 2.24) is 0 Å². The van der Waals surface area contributed by atoms with E-state index in [4.69, 9.17) is 6.58 Å². The van der Waals surface area contributed by atoms with Gasteiger partial charge in [-0.05, 0) is 34.7 Å². The summed E-state index contributed by atoms with van der Waals surface area (Å²) in [6, 6.07) is 16.8. The van der Waals surface area contributed by atoms with Gasteiger partial charge in [0.05, 0.1) is 0 Å². The third-order valence-corrected chi connectivity index (χ3v) is 4.96. The molecule has 0 N–H and O–H groups in total. The lowest BCUT2D eigenvalue weighted by molar-refractivity contribution is 1.65. The third kappa shape index (κ3) is 2.05. The number of benzene rings is 1. The van der Waals surface area contributed by atoms with Crippen LogP contribution in [0.3, 0.4) is 0 Å². The summed E-state index contributed by atoms with van der Waals surface area (Å²) in [6.45, 7) is 5.67. The third-order valence-electron chi connectivity index (χ3n) is 2.78. The summed E-state index contributed by atoms with van der Waals surface area (Å²) in [5.74, 6) is 0. The van der Waals surface area contributed by atoms with Crippen LogP contribution in [0.5, 0.6) is 0 Å². The molecular formula is C16H11S2. The number of hydrogen-bond donors (Lipinski definition) is 0. The van der Waals surface area contributed by atoms with Crippen molar-refractivity contribution in [2.45, 2.75) is 0 Å². The monoisotopic (exact) mass is 267 g/mol. The largest absolute Gasteiger partial charge is 0.143 e. The van der Waals surface area contributed by atoms with E-state index in [0.29, 0.717) is 0 Å². The molecule has 0 bridgehead atoms. The van der Waals surface area contributed by atoms with Crippen LogP contribution in [0.1, 0.15) is 5.56 Å². The summed E-state index contributed by atoms with van der Waals surface area (Å²) in [6.07, 6.45) is 1.67. The lowest BCUT2D eigenvalue weighted by Crippen LogP contribution is -1.77. The number of thiophene rings is 2. The molecule has 1 radical (unpaired) electrons. The van der Waals surface area contributed by atoms with Gasteiger partial charge < -0.3 is 0 Å². The molecule has 2 heteroatoms. The number of rotatable bonds is 3. The highest BCUT2D eigenvalue weighted by molar-refractivity contribution is 7.23. The molecule has 1 aromatic carbocycles. The van der Waals surface area contributed by atoms with Gasteiger partial charge in [0.15, 0.2) is 0 Å². The molecule has 3 aromatic rings. The summed E-state index contributed by atoms with van der Waals surface area (Å²) >= 11 is 3.58. The minimum Gasteiger partial charge on any atom is -0.143 e. The second kappa shape index (κ2) is 4.92. The van der Waals surface area contributed by atoms with Crippen molar-refractivity contribution in [3.05, 3.63) is 66.1 Å². The first kappa shape index (κ1) is 11.5. The molecule has 0 spiro atoms. The first-order chi connectivity index (χ1) is 8.88. The van der Waals surface area contributed by atoms with Gasteiger partial charge in [0.2, 0.25) is 0 Å². The molecule has 2 heterocycles. The Labute approximate surface area is 115 Å². The van der Waals surface area contributed by atoms with Gasteiger partial charge in [-0.25, -0.2) is 0 Å². The van der Waals surface area contributed by atoms with Crippen molar-refractivity contribution in [3.8, 4) is 20.2 Å². The second-order valence-electron chi connectivity index (χ2n) is 3.90. The SMILES string of the molecule is [CH]=Cc1ccccc1-c1ccc(-c2cccs2)s1. The molecule has 0 fully saturated rings. The molecule has 0 aliphatic carbocycles. The molecular weight excluding hydrogens is 256 g/mol. The van der Waals surface area contributed by atoms with E-state index in [1.165, 1.54) is 20.2 Å². The molecule has 0 saturated heterocycles. The molecule has 18 heavy (non-hydrogen) atoms. The molecule has 2 aromatic heterocycles. The first-order valence-electron chi connectivity index (χ1n) is 5.66. The van der Waals surface area contributed by atoms with Gasteiger partial charge in [0.25, 0.3) is 0 Å². The summed E-state index contributed by atoms with van der Waals surface area (Å²) in [7, 11) is 0. The Morgan fingerprint density at radius 3 is 2.44 bits per heavy atom. The van der Waals surface area contributed by atoms with Crippen LogP contribution in [0.4, 0.5) is 0 Å². The molecule has 0 aliphatic heterocycles. The Balaban J connectivity index is 2.06. The summed E-state index contributed by atoms with van der Waals surface area (Å²) in [5.41, 5.74) is 2.28. The Bertz CT molecular complexity index is 660. The van der Waals surface area contributed by atoms with Crippen molar-refractivity contribution in [2.24, 2.45) is 0 Å². The molecule has 3 rings (SSSR count). The van der Waals surface area contributed by atoms with Gasteiger partial charge in [-0.1, -0.05) is 43.0 Å². The van der Waals surface area contributed by atoms with Crippen LogP contribution in [0.25, 0.3) is 26.3 Å². The standard InChI is InChI=1S/C16H11S2/c1-2-12-6-3-4-7-13(12)14-9-10-16(18-14)15-8-5-11-17-15/h1-11H. The smallest absolute Gasteiger partial charge is 0.0449 e. The highest BCUT2D eigenvalue weighted by Gasteiger charge is 2.07. The Morgan fingerprint density at radius 2 is 1.67 bits per heavy atom. The normalized spacial score (nSPS) is 10.4. The zero-order valence-corrected chi connectivity index (χ0v) is 11.3. The summed E-state index contributed by atoms with van der Waals surface area (Å²) < 4.78 is 0. The minimum atomic E-state index is 1.08. The average Bonchev–Trinajstić information content (AvgIpc) is 3.09. The summed E-state index contributed by atoms with van der Waals surface area (Å²) in [5, 5.41) is 2.11. The fourth-order valence-electron chi connectivity index (χ4n) is 1.90. The Morgan fingerprint density at radius 1 is 0.833 bits per heavy atom. The average molecular weight is 267 g/mol. The molecule has 87 valence electrons. The van der Waals surface area contributed by atoms with Crippen molar-refractivity contribution in [1.29, 1.82) is 0 Å². The van der Waals surface area contributed by atoms with Crippen molar-refractivity contribution < 1.29 is 0 Å². The highest BCUT2D eigenvalue weighted by atomic mass is 32.1. The molecule has 0 saturated carbocycles. The van der Waals surface area contributed by atoms with Gasteiger partial charge in [0, 0.05) is 14.6 Å². The van der Waals surface area contributed by atoms with Crippen LogP contribution in [-0.4, -0.2) is 0 Å². The molecule has 0 atom stereocenters. The van der Waals surface area contributed by atoms with Gasteiger partial charge in [-0.2, -0.15) is 0 Å². The minimum absolute atomic E-state index is 1.08. The van der Waals surface area contributed by atoms with Gasteiger partial charge in [-0.15, -0.1) is 22.7 Å². The van der Waals surface area contributed by atoms with E-state index in [1.54, 1.807) is 17.4 Å². The Hall–Kier alpha value is -1.64. The van der Waals surface area contributed by atoms with Crippen LogP contribution in [-0.2, 0) is 0 Å². The van der Waals surface area contributed by atoms with Crippen molar-refractivity contribution in [3.63, 3.8) is 0 Å². The van der Waals surface area contributed by atoms with E-state index in [-0.39, 0.29) is 0 Å². The van der Waals surface area contributed by atoms with Gasteiger partial charge in [-0.3, -0.25) is 0 Å². The second-order valence-corrected chi connectivity index (χ2v) is 5.93. The van der Waals surface area contributed by atoms with E-state index >= 15 is 0 Å². The molecule has 0 aliphatic rings. The van der Waals surface area contributed by atoms with Crippen molar-refractivity contribution in [2.75, 3.05) is 0 Å². The fourth-order valence-corrected chi connectivity index (χ4v) is 3.79. The zero-order valence-electron chi connectivity index (χ0n) is 9.67. The van der Waals surface area contributed by atoms with E-state index in [2.05, 4.69) is 35.7 Å². The lowest BCUT2D eigenvalue weighted by atomic mass is 10.1. The van der Waals surface area contributed by atoms with Crippen LogP contribution >= 0.6 is 22.7 Å². The van der Waals surface area contributed by atoms with Crippen LogP contribution < -0.4 is 0 Å². The summed E-state index contributed by atoms with van der Waals surface area (Å²) in [4.78, 5) is 3.89. The Kier molecular flexibility index (Phi) is 3.13. The molecule has 0 nitrogen and oxygen atoms in total. The van der Waals surface area contributed by atoms with E-state index in [9.17, 15) is 0 Å². The quantitative estimate of drug-likeness (QED) is 0.580. The molecule has 0 amide bonds. The van der Waals surface area contributed by atoms with Crippen LogP contribution in [0.2, 0.25) is 0 Å². The van der Waals surface area contributed by atoms with Gasteiger partial charge in [0.1, 0.15) is 0 Å². The van der Waals surface area contributed by atoms with Gasteiger partial charge >= 0.3 is 0 Å². The lowest BCUT2D eigenvalue weighted by Gasteiger charge is -2.02. The molecule has 0 unspecified atom stereocenters. The fraction of sp³-hybridized carbons (Fsp3) is 0. The van der Waals surface area contributed by atoms with Crippen molar-refractivity contribution >= 4 is 28.7 Å². The number of hydrogen-bond acceptors (Lipinski definition) is 2.